The number of nitrogens with one attached hydrogen (secondary N) is 1. The quantitative estimate of drug-likeness (QED) is 0.904. The first-order valence-electron chi connectivity index (χ1n) is 7.26. The fourth-order valence-electron chi connectivity index (χ4n) is 2.50. The maximum atomic E-state index is 12.2. The van der Waals surface area contributed by atoms with E-state index in [0.717, 1.165) is 25.2 Å². The highest BCUT2D eigenvalue weighted by Gasteiger charge is 2.23. The second-order valence-corrected chi connectivity index (χ2v) is 5.59. The van der Waals surface area contributed by atoms with Gasteiger partial charge in [-0.05, 0) is 18.6 Å². The van der Waals surface area contributed by atoms with E-state index in [9.17, 15) is 9.59 Å². The van der Waals surface area contributed by atoms with Crippen molar-refractivity contribution in [3.8, 4) is 0 Å². The van der Waals surface area contributed by atoms with Gasteiger partial charge in [-0.15, -0.1) is 0 Å². The molecule has 5 nitrogen and oxygen atoms in total. The minimum absolute atomic E-state index is 0.0242. The Morgan fingerprint density at radius 3 is 2.55 bits per heavy atom. The lowest BCUT2D eigenvalue weighted by atomic mass is 10.2. The van der Waals surface area contributed by atoms with Crippen LogP contribution in [0.15, 0.2) is 18.3 Å². The van der Waals surface area contributed by atoms with Gasteiger partial charge in [-0.2, -0.15) is 0 Å². The standard InChI is InChI=1S/C15H23N3O2/c1-12(2)15(20)18-8-4-7-17(9-10-18)14(19)11-13-5-3-6-16-13/h3,5-6,12,16H,4,7-11H2,1-2H3. The number of hydrogen-bond acceptors (Lipinski definition) is 2. The highest BCUT2D eigenvalue weighted by atomic mass is 16.2. The molecule has 2 amide bonds. The molecular formula is C15H23N3O2. The minimum Gasteiger partial charge on any atom is -0.365 e. The lowest BCUT2D eigenvalue weighted by Crippen LogP contribution is -2.39. The predicted octanol–water partition coefficient (Wildman–Crippen LogP) is 1.27. The zero-order valence-corrected chi connectivity index (χ0v) is 12.3. The van der Waals surface area contributed by atoms with Crippen molar-refractivity contribution in [2.24, 2.45) is 5.92 Å². The van der Waals surface area contributed by atoms with Crippen molar-refractivity contribution < 1.29 is 9.59 Å². The molecule has 1 aromatic rings. The molecule has 20 heavy (non-hydrogen) atoms. The van der Waals surface area contributed by atoms with Gasteiger partial charge >= 0.3 is 0 Å². The van der Waals surface area contributed by atoms with Crippen LogP contribution in [-0.2, 0) is 16.0 Å². The molecule has 1 N–H and O–H groups in total. The van der Waals surface area contributed by atoms with Crippen molar-refractivity contribution >= 4 is 11.8 Å². The van der Waals surface area contributed by atoms with E-state index >= 15 is 0 Å². The first kappa shape index (κ1) is 14.6. The topological polar surface area (TPSA) is 56.4 Å². The average molecular weight is 277 g/mol. The molecular weight excluding hydrogens is 254 g/mol. The largest absolute Gasteiger partial charge is 0.365 e. The van der Waals surface area contributed by atoms with Crippen LogP contribution in [0.1, 0.15) is 26.0 Å². The fourth-order valence-corrected chi connectivity index (χ4v) is 2.50. The zero-order valence-electron chi connectivity index (χ0n) is 12.3. The molecule has 0 unspecified atom stereocenters. The zero-order chi connectivity index (χ0) is 14.5. The van der Waals surface area contributed by atoms with Crippen molar-refractivity contribution in [2.45, 2.75) is 26.7 Å². The second-order valence-electron chi connectivity index (χ2n) is 5.59. The van der Waals surface area contributed by atoms with Gasteiger partial charge < -0.3 is 14.8 Å². The summed E-state index contributed by atoms with van der Waals surface area (Å²) in [7, 11) is 0. The number of carbonyl (C=O) groups excluding carboxylic acids is 2. The summed E-state index contributed by atoms with van der Waals surface area (Å²) in [5, 5.41) is 0. The molecule has 1 aromatic heterocycles. The monoisotopic (exact) mass is 277 g/mol. The first-order valence-corrected chi connectivity index (χ1v) is 7.26. The molecule has 0 saturated carbocycles. The van der Waals surface area contributed by atoms with Gasteiger partial charge in [-0.25, -0.2) is 0 Å². The van der Waals surface area contributed by atoms with Crippen molar-refractivity contribution in [1.29, 1.82) is 0 Å². The Hall–Kier alpha value is -1.78. The molecule has 1 aliphatic rings. The highest BCUT2D eigenvalue weighted by Crippen LogP contribution is 2.09. The normalized spacial score (nSPS) is 16.4. The lowest BCUT2D eigenvalue weighted by Gasteiger charge is -2.23. The SMILES string of the molecule is CC(C)C(=O)N1CCCN(C(=O)Cc2ccc[nH]2)CC1. The number of hydrogen-bond donors (Lipinski definition) is 1. The first-order chi connectivity index (χ1) is 9.58. The number of rotatable bonds is 3. The summed E-state index contributed by atoms with van der Waals surface area (Å²) in [5.41, 5.74) is 0.939. The van der Waals surface area contributed by atoms with Crippen molar-refractivity contribution in [3.63, 3.8) is 0 Å². The summed E-state index contributed by atoms with van der Waals surface area (Å²) in [6.07, 6.45) is 3.09. The predicted molar refractivity (Wildman–Crippen MR) is 77.1 cm³/mol. The Kier molecular flexibility index (Phi) is 4.82. The number of aromatic nitrogens is 1. The maximum Gasteiger partial charge on any atom is 0.228 e. The molecule has 0 aromatic carbocycles. The summed E-state index contributed by atoms with van der Waals surface area (Å²) in [6, 6.07) is 3.82. The van der Waals surface area contributed by atoms with Crippen LogP contribution in [0.25, 0.3) is 0 Å². The summed E-state index contributed by atoms with van der Waals surface area (Å²) < 4.78 is 0. The number of H-pyrrole nitrogens is 1. The van der Waals surface area contributed by atoms with Crippen LogP contribution >= 0.6 is 0 Å². The molecule has 0 aliphatic carbocycles. The Morgan fingerprint density at radius 2 is 1.90 bits per heavy atom. The Morgan fingerprint density at radius 1 is 1.20 bits per heavy atom. The van der Waals surface area contributed by atoms with Gasteiger partial charge in [0.2, 0.25) is 11.8 Å². The average Bonchev–Trinajstić information content (AvgIpc) is 2.79. The third kappa shape index (κ3) is 3.62. The third-order valence-electron chi connectivity index (χ3n) is 3.66. The van der Waals surface area contributed by atoms with E-state index in [1.807, 2.05) is 42.0 Å². The van der Waals surface area contributed by atoms with Gasteiger partial charge in [-0.3, -0.25) is 9.59 Å². The summed E-state index contributed by atoms with van der Waals surface area (Å²) in [4.78, 5) is 31.0. The van der Waals surface area contributed by atoms with Crippen LogP contribution < -0.4 is 0 Å². The van der Waals surface area contributed by atoms with Crippen LogP contribution in [0.5, 0.6) is 0 Å². The molecule has 0 atom stereocenters. The van der Waals surface area contributed by atoms with Gasteiger partial charge in [0.25, 0.3) is 0 Å². The molecule has 110 valence electrons. The summed E-state index contributed by atoms with van der Waals surface area (Å²) >= 11 is 0. The summed E-state index contributed by atoms with van der Waals surface area (Å²) in [6.45, 7) is 6.61. The van der Waals surface area contributed by atoms with E-state index in [0.29, 0.717) is 19.5 Å². The maximum absolute atomic E-state index is 12.2. The third-order valence-corrected chi connectivity index (χ3v) is 3.66. The Labute approximate surface area is 119 Å². The van der Waals surface area contributed by atoms with Gasteiger partial charge in [0.05, 0.1) is 6.42 Å². The van der Waals surface area contributed by atoms with Crippen LogP contribution in [0.4, 0.5) is 0 Å². The molecule has 5 heteroatoms. The van der Waals surface area contributed by atoms with E-state index < -0.39 is 0 Å². The van der Waals surface area contributed by atoms with E-state index in [2.05, 4.69) is 4.98 Å². The second kappa shape index (κ2) is 6.59. The number of carbonyl (C=O) groups is 2. The Balaban J connectivity index is 1.89. The molecule has 1 saturated heterocycles. The van der Waals surface area contributed by atoms with Crippen molar-refractivity contribution in [3.05, 3.63) is 24.0 Å². The van der Waals surface area contributed by atoms with Crippen LogP contribution in [0.3, 0.4) is 0 Å². The van der Waals surface area contributed by atoms with E-state index in [1.165, 1.54) is 0 Å². The van der Waals surface area contributed by atoms with Gasteiger partial charge in [0, 0.05) is 44.0 Å². The summed E-state index contributed by atoms with van der Waals surface area (Å²) in [5.74, 6) is 0.339. The number of nitrogens with zero attached hydrogens (tertiary/aromatic N) is 2. The molecule has 0 spiro atoms. The van der Waals surface area contributed by atoms with Gasteiger partial charge in [0.15, 0.2) is 0 Å². The lowest BCUT2D eigenvalue weighted by molar-refractivity contribution is -0.135. The van der Waals surface area contributed by atoms with Crippen LogP contribution in [-0.4, -0.2) is 52.8 Å². The van der Waals surface area contributed by atoms with E-state index in [-0.39, 0.29) is 17.7 Å². The van der Waals surface area contributed by atoms with E-state index in [4.69, 9.17) is 0 Å². The Bertz CT molecular complexity index is 454. The van der Waals surface area contributed by atoms with E-state index in [1.54, 1.807) is 0 Å². The molecule has 1 fully saturated rings. The highest BCUT2D eigenvalue weighted by molar-refractivity contribution is 5.79. The molecule has 1 aliphatic heterocycles. The molecule has 2 rings (SSSR count). The van der Waals surface area contributed by atoms with Crippen molar-refractivity contribution in [2.75, 3.05) is 26.2 Å². The minimum atomic E-state index is 0.0242. The van der Waals surface area contributed by atoms with Gasteiger partial charge in [0.1, 0.15) is 0 Å². The number of aromatic amines is 1. The molecule has 0 bridgehead atoms. The molecule has 2 heterocycles. The van der Waals surface area contributed by atoms with Crippen molar-refractivity contribution in [1.82, 2.24) is 14.8 Å². The van der Waals surface area contributed by atoms with Crippen LogP contribution in [0, 0.1) is 5.92 Å². The van der Waals surface area contributed by atoms with Crippen LogP contribution in [0.2, 0.25) is 0 Å². The number of amides is 2. The molecule has 0 radical (unpaired) electrons. The smallest absolute Gasteiger partial charge is 0.228 e. The van der Waals surface area contributed by atoms with Gasteiger partial charge in [-0.1, -0.05) is 13.8 Å². The fraction of sp³-hybridized carbons (Fsp3) is 0.600.